The molecule has 1 heterocycles. The van der Waals surface area contributed by atoms with Crippen molar-refractivity contribution in [1.82, 2.24) is 0 Å². The Labute approximate surface area is 121 Å². The van der Waals surface area contributed by atoms with E-state index >= 15 is 0 Å². The second-order valence-corrected chi connectivity index (χ2v) is 4.37. The predicted octanol–water partition coefficient (Wildman–Crippen LogP) is 0.0387. The van der Waals surface area contributed by atoms with Crippen LogP contribution in [-0.2, 0) is 4.74 Å². The molecule has 0 amide bonds. The standard InChI is InChI=1S/C12H16N6O3/c13-12(14)16-15-8-9-7-10(1-2-11(9)18(19)20)17-3-5-21-6-4-17/h1-2,7-8H,3-6H2,(H4,13,14,16). The number of guanidine groups is 1. The number of nitro groups is 1. The molecule has 112 valence electrons. The molecule has 0 aromatic heterocycles. The van der Waals surface area contributed by atoms with Crippen LogP contribution in [0.1, 0.15) is 5.56 Å². The smallest absolute Gasteiger partial charge is 0.278 e. The fourth-order valence-corrected chi connectivity index (χ4v) is 1.99. The van der Waals surface area contributed by atoms with E-state index in [4.69, 9.17) is 16.2 Å². The van der Waals surface area contributed by atoms with E-state index in [-0.39, 0.29) is 11.6 Å². The summed E-state index contributed by atoms with van der Waals surface area (Å²) in [5.41, 5.74) is 11.5. The minimum atomic E-state index is -0.472. The van der Waals surface area contributed by atoms with E-state index in [0.717, 1.165) is 18.8 Å². The highest BCUT2D eigenvalue weighted by Crippen LogP contribution is 2.24. The Bertz CT molecular complexity index is 576. The molecule has 1 aliphatic rings. The molecule has 0 bridgehead atoms. The van der Waals surface area contributed by atoms with Crippen LogP contribution in [0.15, 0.2) is 28.4 Å². The van der Waals surface area contributed by atoms with Crippen molar-refractivity contribution in [2.75, 3.05) is 31.2 Å². The van der Waals surface area contributed by atoms with E-state index < -0.39 is 4.92 Å². The summed E-state index contributed by atoms with van der Waals surface area (Å²) in [7, 11) is 0. The zero-order valence-electron chi connectivity index (χ0n) is 11.3. The first-order valence-corrected chi connectivity index (χ1v) is 6.31. The maximum Gasteiger partial charge on any atom is 0.278 e. The molecule has 1 saturated heterocycles. The molecule has 0 atom stereocenters. The molecule has 0 unspecified atom stereocenters. The van der Waals surface area contributed by atoms with Gasteiger partial charge in [0.25, 0.3) is 5.69 Å². The number of rotatable bonds is 4. The molecule has 1 aromatic carbocycles. The summed E-state index contributed by atoms with van der Waals surface area (Å²) in [5, 5.41) is 18.1. The number of nitro benzene ring substituents is 1. The highest BCUT2D eigenvalue weighted by atomic mass is 16.6. The zero-order valence-corrected chi connectivity index (χ0v) is 11.3. The van der Waals surface area contributed by atoms with Gasteiger partial charge >= 0.3 is 0 Å². The molecule has 1 fully saturated rings. The number of benzene rings is 1. The third-order valence-corrected chi connectivity index (χ3v) is 2.95. The van der Waals surface area contributed by atoms with Gasteiger partial charge in [0.1, 0.15) is 0 Å². The lowest BCUT2D eigenvalue weighted by Crippen LogP contribution is -2.36. The Kier molecular flexibility index (Phi) is 4.67. The third kappa shape index (κ3) is 3.89. The van der Waals surface area contributed by atoms with E-state index in [1.165, 1.54) is 12.3 Å². The van der Waals surface area contributed by atoms with Gasteiger partial charge in [-0.2, -0.15) is 5.10 Å². The van der Waals surface area contributed by atoms with E-state index in [2.05, 4.69) is 15.1 Å². The van der Waals surface area contributed by atoms with E-state index in [9.17, 15) is 10.1 Å². The third-order valence-electron chi connectivity index (χ3n) is 2.95. The molecule has 1 aliphatic heterocycles. The Morgan fingerprint density at radius 1 is 1.38 bits per heavy atom. The van der Waals surface area contributed by atoms with Gasteiger partial charge in [0.2, 0.25) is 5.96 Å². The largest absolute Gasteiger partial charge is 0.378 e. The van der Waals surface area contributed by atoms with Crippen LogP contribution in [0.4, 0.5) is 11.4 Å². The molecule has 0 spiro atoms. The summed E-state index contributed by atoms with van der Waals surface area (Å²) in [6.45, 7) is 2.74. The van der Waals surface area contributed by atoms with Crippen LogP contribution in [0, 0.1) is 10.1 Å². The van der Waals surface area contributed by atoms with Crippen molar-refractivity contribution in [2.45, 2.75) is 0 Å². The molecular formula is C12H16N6O3. The zero-order chi connectivity index (χ0) is 15.2. The molecule has 0 radical (unpaired) electrons. The van der Waals surface area contributed by atoms with Crippen LogP contribution in [0.5, 0.6) is 0 Å². The van der Waals surface area contributed by atoms with Crippen molar-refractivity contribution >= 4 is 23.5 Å². The van der Waals surface area contributed by atoms with Crippen molar-refractivity contribution in [3.63, 3.8) is 0 Å². The van der Waals surface area contributed by atoms with Gasteiger partial charge < -0.3 is 21.1 Å². The summed E-state index contributed by atoms with van der Waals surface area (Å²) < 4.78 is 5.28. The summed E-state index contributed by atoms with van der Waals surface area (Å²) in [6, 6.07) is 4.85. The first kappa shape index (κ1) is 14.7. The van der Waals surface area contributed by atoms with Crippen LogP contribution < -0.4 is 16.4 Å². The second kappa shape index (κ2) is 6.66. The Balaban J connectivity index is 2.31. The quantitative estimate of drug-likeness (QED) is 0.348. The van der Waals surface area contributed by atoms with Crippen molar-refractivity contribution in [1.29, 1.82) is 0 Å². The van der Waals surface area contributed by atoms with Crippen LogP contribution in [0.25, 0.3) is 0 Å². The fourth-order valence-electron chi connectivity index (χ4n) is 1.99. The topological polar surface area (TPSA) is 132 Å². The molecule has 0 aliphatic carbocycles. The number of anilines is 1. The summed E-state index contributed by atoms with van der Waals surface area (Å²) >= 11 is 0. The summed E-state index contributed by atoms with van der Waals surface area (Å²) in [5.74, 6) is -0.210. The Morgan fingerprint density at radius 3 is 2.71 bits per heavy atom. The van der Waals surface area contributed by atoms with Gasteiger partial charge in [-0.25, -0.2) is 0 Å². The second-order valence-electron chi connectivity index (χ2n) is 4.37. The van der Waals surface area contributed by atoms with Crippen LogP contribution in [-0.4, -0.2) is 43.4 Å². The molecule has 9 heteroatoms. The van der Waals surface area contributed by atoms with E-state index in [1.54, 1.807) is 12.1 Å². The van der Waals surface area contributed by atoms with E-state index in [0.29, 0.717) is 18.8 Å². The minimum absolute atomic E-state index is 0.0541. The van der Waals surface area contributed by atoms with Crippen molar-refractivity contribution in [2.24, 2.45) is 21.7 Å². The molecule has 9 nitrogen and oxygen atoms in total. The first-order valence-electron chi connectivity index (χ1n) is 6.31. The average Bonchev–Trinajstić information content (AvgIpc) is 2.47. The Morgan fingerprint density at radius 2 is 2.10 bits per heavy atom. The van der Waals surface area contributed by atoms with Gasteiger partial charge in [-0.1, -0.05) is 0 Å². The van der Waals surface area contributed by atoms with Gasteiger partial charge in [-0.05, 0) is 12.1 Å². The van der Waals surface area contributed by atoms with Crippen molar-refractivity contribution in [3.8, 4) is 0 Å². The van der Waals surface area contributed by atoms with Gasteiger partial charge in [-0.3, -0.25) is 10.1 Å². The molecule has 2 rings (SSSR count). The van der Waals surface area contributed by atoms with Gasteiger partial charge in [0.05, 0.1) is 29.9 Å². The van der Waals surface area contributed by atoms with E-state index in [1.807, 2.05) is 0 Å². The number of nitrogens with two attached hydrogens (primary N) is 2. The lowest BCUT2D eigenvalue weighted by Gasteiger charge is -2.28. The lowest BCUT2D eigenvalue weighted by atomic mass is 10.1. The Hall–Kier alpha value is -2.68. The van der Waals surface area contributed by atoms with Crippen LogP contribution >= 0.6 is 0 Å². The van der Waals surface area contributed by atoms with Gasteiger partial charge in [-0.15, -0.1) is 5.10 Å². The number of nitrogens with zero attached hydrogens (tertiary/aromatic N) is 4. The van der Waals surface area contributed by atoms with Crippen molar-refractivity contribution < 1.29 is 9.66 Å². The first-order chi connectivity index (χ1) is 10.1. The molecular weight excluding hydrogens is 276 g/mol. The maximum atomic E-state index is 11.0. The minimum Gasteiger partial charge on any atom is -0.378 e. The molecule has 4 N–H and O–H groups in total. The van der Waals surface area contributed by atoms with Crippen molar-refractivity contribution in [3.05, 3.63) is 33.9 Å². The molecule has 1 aromatic rings. The van der Waals surface area contributed by atoms with Gasteiger partial charge in [0, 0.05) is 24.8 Å². The van der Waals surface area contributed by atoms with Gasteiger partial charge in [0.15, 0.2) is 0 Å². The summed E-state index contributed by atoms with van der Waals surface area (Å²) in [4.78, 5) is 12.6. The SMILES string of the molecule is NC(N)=NN=Cc1cc(N2CCOCC2)ccc1[N+](=O)[O-]. The van der Waals surface area contributed by atoms with Crippen LogP contribution in [0.3, 0.4) is 0 Å². The number of hydrogen-bond donors (Lipinski definition) is 2. The number of ether oxygens (including phenoxy) is 1. The lowest BCUT2D eigenvalue weighted by molar-refractivity contribution is -0.385. The summed E-state index contributed by atoms with van der Waals surface area (Å²) in [6.07, 6.45) is 1.27. The molecule has 21 heavy (non-hydrogen) atoms. The average molecular weight is 292 g/mol. The highest BCUT2D eigenvalue weighted by molar-refractivity contribution is 5.87. The molecule has 0 saturated carbocycles. The predicted molar refractivity (Wildman–Crippen MR) is 79.5 cm³/mol. The highest BCUT2D eigenvalue weighted by Gasteiger charge is 2.17. The van der Waals surface area contributed by atoms with Crippen LogP contribution in [0.2, 0.25) is 0 Å². The maximum absolute atomic E-state index is 11.0. The number of morpholine rings is 1. The normalized spacial score (nSPS) is 15.1. The fraction of sp³-hybridized carbons (Fsp3) is 0.333. The number of hydrogen-bond acceptors (Lipinski definition) is 6. The monoisotopic (exact) mass is 292 g/mol.